The minimum atomic E-state index is -4.39. The first-order chi connectivity index (χ1) is 49.5. The van der Waals surface area contributed by atoms with Crippen molar-refractivity contribution in [2.45, 2.75) is 489 Å². The number of rotatable bonds is 86. The summed E-state index contributed by atoms with van der Waals surface area (Å²) in [6.45, 7) is 4.52. The smallest absolute Gasteiger partial charge is 0.462 e. The van der Waals surface area contributed by atoms with Gasteiger partial charge in [0.05, 0.1) is 27.7 Å². The Labute approximate surface area is 631 Å². The first-order valence-electron chi connectivity index (χ1n) is 45.2. The van der Waals surface area contributed by atoms with Gasteiger partial charge in [0.25, 0.3) is 0 Å². The molecule has 0 saturated heterocycles. The largest absolute Gasteiger partial charge is 0.472 e. The lowest BCUT2D eigenvalue weighted by Crippen LogP contribution is -2.37. The molecule has 101 heavy (non-hydrogen) atoms. The molecule has 10 heteroatoms. The van der Waals surface area contributed by atoms with Crippen molar-refractivity contribution < 1.29 is 42.1 Å². The van der Waals surface area contributed by atoms with Gasteiger partial charge in [-0.1, -0.05) is 455 Å². The van der Waals surface area contributed by atoms with Crippen molar-refractivity contribution in [1.82, 2.24) is 0 Å². The van der Waals surface area contributed by atoms with Gasteiger partial charge in [-0.3, -0.25) is 18.6 Å². The summed E-state index contributed by atoms with van der Waals surface area (Å²) in [7, 11) is 1.51. The summed E-state index contributed by atoms with van der Waals surface area (Å²) in [5, 5.41) is 0. The van der Waals surface area contributed by atoms with Crippen LogP contribution in [0.2, 0.25) is 0 Å². The number of carbonyl (C=O) groups excluding carboxylic acids is 2. The second-order valence-corrected chi connectivity index (χ2v) is 33.8. The van der Waals surface area contributed by atoms with E-state index in [9.17, 15) is 19.0 Å². The number of esters is 2. The maximum absolute atomic E-state index is 12.9. The molecular weight excluding hydrogens is 1270 g/mol. The average Bonchev–Trinajstić information content (AvgIpc) is 0.973. The van der Waals surface area contributed by atoms with E-state index in [1.165, 1.54) is 405 Å². The zero-order chi connectivity index (χ0) is 73.3. The van der Waals surface area contributed by atoms with Crippen LogP contribution in [0.15, 0.2) is 36.5 Å². The highest BCUT2D eigenvalue weighted by molar-refractivity contribution is 7.47. The molecule has 9 nitrogen and oxygen atoms in total. The van der Waals surface area contributed by atoms with Crippen molar-refractivity contribution in [3.63, 3.8) is 0 Å². The van der Waals surface area contributed by atoms with Gasteiger partial charge in [0.15, 0.2) is 6.10 Å². The van der Waals surface area contributed by atoms with Gasteiger partial charge in [0, 0.05) is 12.8 Å². The molecule has 0 aliphatic carbocycles. The number of phosphoric acid groups is 1. The number of allylic oxidation sites excluding steroid dienone is 6. The van der Waals surface area contributed by atoms with Gasteiger partial charge in [-0.2, -0.15) is 0 Å². The molecule has 2 unspecified atom stereocenters. The molecule has 0 fully saturated rings. The number of hydrogen-bond acceptors (Lipinski definition) is 7. The summed E-state index contributed by atoms with van der Waals surface area (Å²) < 4.78 is 34.9. The Balaban J connectivity index is 3.83. The topological polar surface area (TPSA) is 108 Å². The summed E-state index contributed by atoms with van der Waals surface area (Å²) in [5.41, 5.74) is 0. The van der Waals surface area contributed by atoms with Crippen LogP contribution in [0.25, 0.3) is 0 Å². The lowest BCUT2D eigenvalue weighted by Gasteiger charge is -2.24. The van der Waals surface area contributed by atoms with Crippen LogP contribution >= 0.6 is 7.82 Å². The van der Waals surface area contributed by atoms with Crippen LogP contribution in [0, 0.1) is 0 Å². The third-order valence-electron chi connectivity index (χ3n) is 20.9. The number of ether oxygens (including phenoxy) is 2. The monoisotopic (exact) mass is 1440 g/mol. The van der Waals surface area contributed by atoms with E-state index in [2.05, 4.69) is 50.3 Å². The van der Waals surface area contributed by atoms with Gasteiger partial charge >= 0.3 is 19.8 Å². The molecule has 0 radical (unpaired) electrons. The van der Waals surface area contributed by atoms with E-state index in [4.69, 9.17) is 18.5 Å². The minimum absolute atomic E-state index is 0.0359. The second kappa shape index (κ2) is 82.3. The standard InChI is InChI=1S/C91H176NO8P/c1-6-8-10-12-14-16-18-20-22-24-26-28-30-32-34-36-38-40-42-44-46-48-50-52-54-56-58-60-62-64-66-68-70-72-74-76-78-80-82-84-91(94)100-89(88-99-101(95,96)98-86-85-92(3,4)5)87-97-90(93)83-81-79-77-75-73-71-69-67-65-63-61-59-57-55-53-51-49-47-45-43-41-39-37-35-33-31-29-27-25-23-21-19-17-15-13-11-9-7-2/h18,20,24,26,30,32,89H,6-17,19,21-23,25,27-29,31,33-88H2,1-5H3/p+1/b20-18-,26-24-,32-30-. The highest BCUT2D eigenvalue weighted by Gasteiger charge is 2.27. The molecule has 598 valence electrons. The maximum Gasteiger partial charge on any atom is 0.472 e. The van der Waals surface area contributed by atoms with Crippen LogP contribution in [-0.2, 0) is 32.7 Å². The number of hydrogen-bond donors (Lipinski definition) is 1. The molecule has 0 amide bonds. The zero-order valence-corrected chi connectivity index (χ0v) is 69.6. The van der Waals surface area contributed by atoms with Crippen LogP contribution in [0.1, 0.15) is 483 Å². The maximum atomic E-state index is 12.9. The molecule has 0 aliphatic heterocycles. The van der Waals surface area contributed by atoms with Crippen molar-refractivity contribution >= 4 is 19.8 Å². The van der Waals surface area contributed by atoms with Crippen molar-refractivity contribution in [2.75, 3.05) is 47.5 Å². The first-order valence-corrected chi connectivity index (χ1v) is 46.7. The molecule has 2 atom stereocenters. The molecule has 0 aromatic rings. The fourth-order valence-corrected chi connectivity index (χ4v) is 14.8. The molecule has 0 spiro atoms. The van der Waals surface area contributed by atoms with Gasteiger partial charge in [-0.25, -0.2) is 4.57 Å². The molecular formula is C91H177NO8P+. The number of nitrogens with zero attached hydrogens (tertiary/aromatic N) is 1. The van der Waals surface area contributed by atoms with Crippen LogP contribution in [0.5, 0.6) is 0 Å². The fourth-order valence-electron chi connectivity index (χ4n) is 14.0. The Morgan fingerprint density at radius 1 is 0.307 bits per heavy atom. The van der Waals surface area contributed by atoms with E-state index in [0.29, 0.717) is 17.4 Å². The quantitative estimate of drug-likeness (QED) is 0.0211. The summed E-state index contributed by atoms with van der Waals surface area (Å²) in [5.74, 6) is -0.767. The third-order valence-corrected chi connectivity index (χ3v) is 21.9. The lowest BCUT2D eigenvalue weighted by molar-refractivity contribution is -0.870. The zero-order valence-electron chi connectivity index (χ0n) is 68.7. The molecule has 0 bridgehead atoms. The predicted molar refractivity (Wildman–Crippen MR) is 441 cm³/mol. The summed E-state index contributed by atoms with van der Waals surface area (Å²) in [4.78, 5) is 36.1. The lowest BCUT2D eigenvalue weighted by atomic mass is 10.0. The first kappa shape index (κ1) is 99.2. The minimum Gasteiger partial charge on any atom is -0.462 e. The molecule has 0 rings (SSSR count). The molecule has 0 aromatic carbocycles. The highest BCUT2D eigenvalue weighted by atomic mass is 31.2. The van der Waals surface area contributed by atoms with Gasteiger partial charge in [0.2, 0.25) is 0 Å². The predicted octanol–water partition coefficient (Wildman–Crippen LogP) is 30.5. The van der Waals surface area contributed by atoms with Crippen LogP contribution in [0.3, 0.4) is 0 Å². The van der Waals surface area contributed by atoms with Crippen molar-refractivity contribution in [3.05, 3.63) is 36.5 Å². The number of phosphoric ester groups is 1. The van der Waals surface area contributed by atoms with E-state index in [1.54, 1.807) is 0 Å². The summed E-state index contributed by atoms with van der Waals surface area (Å²) in [6.07, 6.45) is 109. The Morgan fingerprint density at radius 2 is 0.535 bits per heavy atom. The van der Waals surface area contributed by atoms with Crippen molar-refractivity contribution in [3.8, 4) is 0 Å². The van der Waals surface area contributed by atoms with Gasteiger partial charge < -0.3 is 18.9 Å². The molecule has 0 saturated carbocycles. The van der Waals surface area contributed by atoms with Crippen LogP contribution < -0.4 is 0 Å². The highest BCUT2D eigenvalue weighted by Crippen LogP contribution is 2.43. The van der Waals surface area contributed by atoms with Gasteiger partial charge in [-0.05, 0) is 51.4 Å². The van der Waals surface area contributed by atoms with Crippen LogP contribution in [-0.4, -0.2) is 74.9 Å². The fraction of sp³-hybridized carbons (Fsp3) is 0.912. The number of carbonyl (C=O) groups is 2. The SMILES string of the molecule is CCCCCCC/C=C\C/C=C\C/C=C\CCCCCCCCCCCCCCCCCCCCCCCCCCC(=O)OC(COC(=O)CCCCCCCCCCCCCCCCCCCCCCCCCCCCCCCCCCCCCCCC)COP(=O)(O)OCC[N+](C)(C)C. The summed E-state index contributed by atoms with van der Waals surface area (Å²) >= 11 is 0. The molecule has 0 aliphatic rings. The number of unbranched alkanes of at least 4 members (excludes halogenated alkanes) is 66. The van der Waals surface area contributed by atoms with E-state index < -0.39 is 26.5 Å². The Kier molecular flexibility index (Phi) is 80.8. The second-order valence-electron chi connectivity index (χ2n) is 32.4. The average molecular weight is 1440 g/mol. The van der Waals surface area contributed by atoms with Crippen molar-refractivity contribution in [2.24, 2.45) is 0 Å². The van der Waals surface area contributed by atoms with E-state index in [-0.39, 0.29) is 25.6 Å². The number of quaternary nitrogens is 1. The van der Waals surface area contributed by atoms with E-state index in [1.807, 2.05) is 21.1 Å². The Hall–Kier alpha value is -1.77. The van der Waals surface area contributed by atoms with Crippen LogP contribution in [0.4, 0.5) is 0 Å². The third kappa shape index (κ3) is 87.0. The summed E-state index contributed by atoms with van der Waals surface area (Å²) in [6, 6.07) is 0. The normalized spacial score (nSPS) is 13.0. The van der Waals surface area contributed by atoms with E-state index >= 15 is 0 Å². The van der Waals surface area contributed by atoms with Gasteiger partial charge in [-0.15, -0.1) is 0 Å². The Bertz CT molecular complexity index is 1800. The van der Waals surface area contributed by atoms with E-state index in [0.717, 1.165) is 51.4 Å². The Morgan fingerprint density at radius 3 is 0.792 bits per heavy atom. The molecule has 0 aromatic heterocycles. The number of likely N-dealkylation sites (N-methyl/N-ethyl adjacent to an activating group) is 1. The van der Waals surface area contributed by atoms with Gasteiger partial charge in [0.1, 0.15) is 19.8 Å². The molecule has 0 heterocycles. The molecule has 1 N–H and O–H groups in total. The van der Waals surface area contributed by atoms with Crippen molar-refractivity contribution in [1.29, 1.82) is 0 Å².